The molecule has 0 radical (unpaired) electrons. The third-order valence-electron chi connectivity index (χ3n) is 3.91. The van der Waals surface area contributed by atoms with Crippen molar-refractivity contribution in [3.05, 3.63) is 64.7 Å². The lowest BCUT2D eigenvalue weighted by Crippen LogP contribution is -2.26. The molecular weight excluding hydrogens is 378 g/mol. The zero-order chi connectivity index (χ0) is 19.2. The lowest BCUT2D eigenvalue weighted by Gasteiger charge is -2.12. The van der Waals surface area contributed by atoms with E-state index in [0.717, 1.165) is 5.56 Å². The first-order valence-electron chi connectivity index (χ1n) is 8.01. The van der Waals surface area contributed by atoms with Crippen LogP contribution in [-0.4, -0.2) is 37.8 Å². The van der Waals surface area contributed by atoms with Gasteiger partial charge in [0.1, 0.15) is 0 Å². The molecule has 140 valence electrons. The van der Waals surface area contributed by atoms with Crippen molar-refractivity contribution in [3.8, 4) is 0 Å². The van der Waals surface area contributed by atoms with E-state index in [1.165, 1.54) is 12.1 Å². The molecule has 0 amide bonds. The van der Waals surface area contributed by atoms with Gasteiger partial charge in [-0.05, 0) is 42.2 Å². The van der Waals surface area contributed by atoms with E-state index in [2.05, 4.69) is 4.72 Å². The SMILES string of the molecule is O=C(O)C(CCO)c1ccc(CCNS(=O)(=O)c2cccc(Cl)c2)cc1. The van der Waals surface area contributed by atoms with Crippen molar-refractivity contribution in [1.82, 2.24) is 4.72 Å². The number of halogens is 1. The number of carboxylic acids is 1. The predicted molar refractivity (Wildman–Crippen MR) is 98.9 cm³/mol. The van der Waals surface area contributed by atoms with Crippen LogP contribution in [0.1, 0.15) is 23.5 Å². The molecule has 0 saturated carbocycles. The Morgan fingerprint density at radius 2 is 1.85 bits per heavy atom. The third-order valence-corrected chi connectivity index (χ3v) is 5.60. The molecule has 0 aromatic heterocycles. The molecule has 0 aliphatic carbocycles. The van der Waals surface area contributed by atoms with Crippen molar-refractivity contribution in [2.45, 2.75) is 23.7 Å². The monoisotopic (exact) mass is 397 g/mol. The number of aliphatic carboxylic acids is 1. The summed E-state index contributed by atoms with van der Waals surface area (Å²) in [7, 11) is -3.63. The maximum atomic E-state index is 12.2. The number of aliphatic hydroxyl groups is 1. The summed E-state index contributed by atoms with van der Waals surface area (Å²) in [6.07, 6.45) is 0.603. The van der Waals surface area contributed by atoms with Crippen molar-refractivity contribution in [3.63, 3.8) is 0 Å². The predicted octanol–water partition coefficient (Wildman–Crippen LogP) is 2.41. The fraction of sp³-hybridized carbons (Fsp3) is 0.278. The Kier molecular flexibility index (Phi) is 7.16. The Hall–Kier alpha value is -1.93. The fourth-order valence-electron chi connectivity index (χ4n) is 2.53. The molecule has 2 aromatic rings. The lowest BCUT2D eigenvalue weighted by atomic mass is 9.95. The molecular formula is C18H20ClNO5S. The van der Waals surface area contributed by atoms with E-state index in [0.29, 0.717) is 17.0 Å². The number of hydrogen-bond donors (Lipinski definition) is 3. The van der Waals surface area contributed by atoms with Crippen LogP contribution in [-0.2, 0) is 21.2 Å². The molecule has 2 aromatic carbocycles. The average molecular weight is 398 g/mol. The Balaban J connectivity index is 1.97. The van der Waals surface area contributed by atoms with Gasteiger partial charge >= 0.3 is 5.97 Å². The second-order valence-corrected chi connectivity index (χ2v) is 7.95. The molecule has 6 nitrogen and oxygen atoms in total. The Labute approximate surface area is 157 Å². The first kappa shape index (κ1) is 20.4. The van der Waals surface area contributed by atoms with Crippen molar-refractivity contribution >= 4 is 27.6 Å². The quantitative estimate of drug-likeness (QED) is 0.602. The van der Waals surface area contributed by atoms with E-state index in [4.69, 9.17) is 16.7 Å². The molecule has 0 aliphatic rings. The van der Waals surface area contributed by atoms with Gasteiger partial charge in [0.25, 0.3) is 0 Å². The maximum Gasteiger partial charge on any atom is 0.311 e. The van der Waals surface area contributed by atoms with Crippen LogP contribution in [0.2, 0.25) is 5.02 Å². The van der Waals surface area contributed by atoms with Crippen molar-refractivity contribution in [2.24, 2.45) is 0 Å². The van der Waals surface area contributed by atoms with Gasteiger partial charge in [-0.15, -0.1) is 0 Å². The van der Waals surface area contributed by atoms with E-state index in [1.54, 1.807) is 36.4 Å². The maximum absolute atomic E-state index is 12.2. The molecule has 0 fully saturated rings. The highest BCUT2D eigenvalue weighted by Gasteiger charge is 2.19. The largest absolute Gasteiger partial charge is 0.481 e. The van der Waals surface area contributed by atoms with Gasteiger partial charge in [-0.1, -0.05) is 41.9 Å². The first-order chi connectivity index (χ1) is 12.3. The van der Waals surface area contributed by atoms with Gasteiger partial charge in [-0.25, -0.2) is 13.1 Å². The van der Waals surface area contributed by atoms with Gasteiger partial charge in [0.15, 0.2) is 0 Å². The molecule has 3 N–H and O–H groups in total. The zero-order valence-corrected chi connectivity index (χ0v) is 15.5. The minimum atomic E-state index is -3.63. The number of sulfonamides is 1. The van der Waals surface area contributed by atoms with Crippen LogP contribution in [0.25, 0.3) is 0 Å². The average Bonchev–Trinajstić information content (AvgIpc) is 2.60. The number of benzene rings is 2. The minimum absolute atomic E-state index is 0.105. The number of carbonyl (C=O) groups is 1. The number of hydrogen-bond acceptors (Lipinski definition) is 4. The molecule has 2 rings (SSSR count). The zero-order valence-electron chi connectivity index (χ0n) is 13.9. The van der Waals surface area contributed by atoms with Crippen LogP contribution in [0, 0.1) is 0 Å². The van der Waals surface area contributed by atoms with Crippen molar-refractivity contribution < 1.29 is 23.4 Å². The van der Waals surface area contributed by atoms with E-state index in [9.17, 15) is 18.3 Å². The van der Waals surface area contributed by atoms with Gasteiger partial charge in [0.05, 0.1) is 10.8 Å². The van der Waals surface area contributed by atoms with Crippen LogP contribution in [0.5, 0.6) is 0 Å². The Morgan fingerprint density at radius 1 is 1.15 bits per heavy atom. The minimum Gasteiger partial charge on any atom is -0.481 e. The number of rotatable bonds is 9. The summed E-state index contributed by atoms with van der Waals surface area (Å²) in [5.41, 5.74) is 1.48. The highest BCUT2D eigenvalue weighted by Crippen LogP contribution is 2.20. The van der Waals surface area contributed by atoms with Crippen LogP contribution < -0.4 is 4.72 Å². The van der Waals surface area contributed by atoms with E-state index >= 15 is 0 Å². The smallest absolute Gasteiger partial charge is 0.311 e. The summed E-state index contributed by atoms with van der Waals surface area (Å²) in [5.74, 6) is -1.74. The van der Waals surface area contributed by atoms with Crippen LogP contribution in [0.4, 0.5) is 0 Å². The van der Waals surface area contributed by atoms with Gasteiger partial charge in [0.2, 0.25) is 10.0 Å². The standard InChI is InChI=1S/C18H20ClNO5S/c19-15-2-1-3-16(12-15)26(24,25)20-10-8-13-4-6-14(7-5-13)17(9-11-21)18(22)23/h1-7,12,17,20-21H,8-11H2,(H,22,23). The van der Waals surface area contributed by atoms with Crippen LogP contribution in [0.3, 0.4) is 0 Å². The number of aliphatic hydroxyl groups excluding tert-OH is 1. The van der Waals surface area contributed by atoms with E-state index < -0.39 is 21.9 Å². The van der Waals surface area contributed by atoms with E-state index in [-0.39, 0.29) is 24.5 Å². The molecule has 8 heteroatoms. The van der Waals surface area contributed by atoms with Crippen LogP contribution in [0.15, 0.2) is 53.4 Å². The summed E-state index contributed by atoms with van der Waals surface area (Å²) < 4.78 is 26.9. The van der Waals surface area contributed by atoms with Crippen molar-refractivity contribution in [1.29, 1.82) is 0 Å². The summed E-state index contributed by atoms with van der Waals surface area (Å²) in [6.45, 7) is -0.00279. The number of nitrogens with one attached hydrogen (secondary N) is 1. The topological polar surface area (TPSA) is 104 Å². The molecule has 0 spiro atoms. The Bertz CT molecular complexity index is 852. The molecule has 0 saturated heterocycles. The Morgan fingerprint density at radius 3 is 2.42 bits per heavy atom. The second kappa shape index (κ2) is 9.14. The highest BCUT2D eigenvalue weighted by atomic mass is 35.5. The van der Waals surface area contributed by atoms with Crippen molar-refractivity contribution in [2.75, 3.05) is 13.2 Å². The lowest BCUT2D eigenvalue weighted by molar-refractivity contribution is -0.139. The molecule has 0 bridgehead atoms. The normalized spacial score (nSPS) is 12.7. The highest BCUT2D eigenvalue weighted by molar-refractivity contribution is 7.89. The van der Waals surface area contributed by atoms with Gasteiger partial charge in [0, 0.05) is 18.2 Å². The fourth-order valence-corrected chi connectivity index (χ4v) is 3.86. The molecule has 0 aliphatic heterocycles. The summed E-state index contributed by atoms with van der Waals surface area (Å²) in [4.78, 5) is 11.3. The molecule has 1 atom stereocenters. The third kappa shape index (κ3) is 5.54. The van der Waals surface area contributed by atoms with Gasteiger partial charge in [-0.2, -0.15) is 0 Å². The summed E-state index contributed by atoms with van der Waals surface area (Å²) >= 11 is 5.82. The summed E-state index contributed by atoms with van der Waals surface area (Å²) in [6, 6.07) is 12.9. The summed E-state index contributed by atoms with van der Waals surface area (Å²) in [5, 5.41) is 18.5. The molecule has 1 unspecified atom stereocenters. The molecule has 26 heavy (non-hydrogen) atoms. The second-order valence-electron chi connectivity index (χ2n) is 5.75. The van der Waals surface area contributed by atoms with Gasteiger partial charge in [-0.3, -0.25) is 4.79 Å². The number of carboxylic acid groups (broad SMARTS) is 1. The first-order valence-corrected chi connectivity index (χ1v) is 9.87. The van der Waals surface area contributed by atoms with E-state index in [1.807, 2.05) is 0 Å². The van der Waals surface area contributed by atoms with Crippen LogP contribution >= 0.6 is 11.6 Å². The molecule has 0 heterocycles. The van der Waals surface area contributed by atoms with Gasteiger partial charge < -0.3 is 10.2 Å².